The summed E-state index contributed by atoms with van der Waals surface area (Å²) < 4.78 is 0. The van der Waals surface area contributed by atoms with Crippen molar-refractivity contribution in [3.05, 3.63) is 48.2 Å². The standard InChI is InChI=1S/C17H22N2/c1-4-8-15-11-16(18-13(2)3)12-17(19-15)14-9-6-5-7-10-14/h5-7,9-13H,4,8H2,1-3H3,(H,18,19). The lowest BCUT2D eigenvalue weighted by molar-refractivity contribution is 0.874. The first kappa shape index (κ1) is 13.6. The fraction of sp³-hybridized carbons (Fsp3) is 0.353. The Morgan fingerprint density at radius 1 is 1.11 bits per heavy atom. The van der Waals surface area contributed by atoms with Crippen LogP contribution in [-0.2, 0) is 6.42 Å². The summed E-state index contributed by atoms with van der Waals surface area (Å²) in [5.41, 5.74) is 4.54. The fourth-order valence-electron chi connectivity index (χ4n) is 2.15. The third-order valence-electron chi connectivity index (χ3n) is 2.91. The molecule has 1 aromatic heterocycles. The number of benzene rings is 1. The van der Waals surface area contributed by atoms with Crippen LogP contribution in [0.2, 0.25) is 0 Å². The predicted molar refractivity (Wildman–Crippen MR) is 82.4 cm³/mol. The van der Waals surface area contributed by atoms with Crippen molar-refractivity contribution in [3.63, 3.8) is 0 Å². The van der Waals surface area contributed by atoms with Gasteiger partial charge in [-0.1, -0.05) is 43.7 Å². The molecule has 0 atom stereocenters. The lowest BCUT2D eigenvalue weighted by atomic mass is 10.1. The van der Waals surface area contributed by atoms with Gasteiger partial charge in [-0.05, 0) is 32.4 Å². The van der Waals surface area contributed by atoms with Gasteiger partial charge < -0.3 is 5.32 Å². The zero-order chi connectivity index (χ0) is 13.7. The molecule has 1 aromatic carbocycles. The molecule has 0 radical (unpaired) electrons. The molecule has 2 heteroatoms. The molecule has 19 heavy (non-hydrogen) atoms. The van der Waals surface area contributed by atoms with E-state index in [2.05, 4.69) is 62.5 Å². The molecule has 0 aliphatic carbocycles. The predicted octanol–water partition coefficient (Wildman–Crippen LogP) is 4.52. The zero-order valence-electron chi connectivity index (χ0n) is 12.0. The van der Waals surface area contributed by atoms with Crippen LogP contribution >= 0.6 is 0 Å². The molecule has 1 heterocycles. The van der Waals surface area contributed by atoms with E-state index >= 15 is 0 Å². The Kier molecular flexibility index (Phi) is 4.56. The van der Waals surface area contributed by atoms with Gasteiger partial charge in [0.25, 0.3) is 0 Å². The second kappa shape index (κ2) is 6.37. The second-order valence-corrected chi connectivity index (χ2v) is 5.15. The topological polar surface area (TPSA) is 24.9 Å². The number of hydrogen-bond acceptors (Lipinski definition) is 2. The van der Waals surface area contributed by atoms with E-state index in [9.17, 15) is 0 Å². The molecule has 2 rings (SSSR count). The van der Waals surface area contributed by atoms with Crippen LogP contribution < -0.4 is 5.32 Å². The summed E-state index contributed by atoms with van der Waals surface area (Å²) >= 11 is 0. The highest BCUT2D eigenvalue weighted by Crippen LogP contribution is 2.22. The van der Waals surface area contributed by atoms with Gasteiger partial charge in [0.1, 0.15) is 0 Å². The first-order valence-corrected chi connectivity index (χ1v) is 7.02. The van der Waals surface area contributed by atoms with Gasteiger partial charge in [0, 0.05) is 23.0 Å². The number of hydrogen-bond donors (Lipinski definition) is 1. The van der Waals surface area contributed by atoms with E-state index < -0.39 is 0 Å². The molecule has 100 valence electrons. The lowest BCUT2D eigenvalue weighted by Gasteiger charge is -2.13. The molecule has 0 unspecified atom stereocenters. The van der Waals surface area contributed by atoms with Gasteiger partial charge in [0.05, 0.1) is 5.69 Å². The Bertz CT molecular complexity index is 518. The van der Waals surface area contributed by atoms with Gasteiger partial charge in [-0.3, -0.25) is 4.98 Å². The minimum absolute atomic E-state index is 0.431. The van der Waals surface area contributed by atoms with E-state index in [1.54, 1.807) is 0 Å². The number of anilines is 1. The molecule has 2 aromatic rings. The fourth-order valence-corrected chi connectivity index (χ4v) is 2.15. The summed E-state index contributed by atoms with van der Waals surface area (Å²) in [6.45, 7) is 6.50. The van der Waals surface area contributed by atoms with Crippen LogP contribution in [-0.4, -0.2) is 11.0 Å². The van der Waals surface area contributed by atoms with Crippen molar-refractivity contribution in [2.75, 3.05) is 5.32 Å². The van der Waals surface area contributed by atoms with E-state index in [0.29, 0.717) is 6.04 Å². The van der Waals surface area contributed by atoms with Crippen molar-refractivity contribution in [1.29, 1.82) is 0 Å². The van der Waals surface area contributed by atoms with Crippen molar-refractivity contribution in [3.8, 4) is 11.3 Å². The number of aromatic nitrogens is 1. The minimum atomic E-state index is 0.431. The molecule has 1 N–H and O–H groups in total. The maximum Gasteiger partial charge on any atom is 0.0725 e. The van der Waals surface area contributed by atoms with Crippen LogP contribution in [0, 0.1) is 0 Å². The summed E-state index contributed by atoms with van der Waals surface area (Å²) in [5.74, 6) is 0. The Morgan fingerprint density at radius 2 is 1.84 bits per heavy atom. The molecule has 0 amide bonds. The smallest absolute Gasteiger partial charge is 0.0725 e. The number of nitrogens with one attached hydrogen (secondary N) is 1. The number of nitrogens with zero attached hydrogens (tertiary/aromatic N) is 1. The SMILES string of the molecule is CCCc1cc(NC(C)C)cc(-c2ccccc2)n1. The monoisotopic (exact) mass is 254 g/mol. The Hall–Kier alpha value is -1.83. The third kappa shape index (κ3) is 3.82. The average Bonchev–Trinajstić information content (AvgIpc) is 2.39. The van der Waals surface area contributed by atoms with E-state index in [-0.39, 0.29) is 0 Å². The van der Waals surface area contributed by atoms with Crippen molar-refractivity contribution in [2.45, 2.75) is 39.7 Å². The number of aryl methyl sites for hydroxylation is 1. The van der Waals surface area contributed by atoms with Crippen molar-refractivity contribution >= 4 is 5.69 Å². The third-order valence-corrected chi connectivity index (χ3v) is 2.91. The maximum atomic E-state index is 4.76. The summed E-state index contributed by atoms with van der Waals surface area (Å²) in [4.78, 5) is 4.76. The zero-order valence-corrected chi connectivity index (χ0v) is 12.0. The molecular weight excluding hydrogens is 232 g/mol. The summed E-state index contributed by atoms with van der Waals surface area (Å²) in [6.07, 6.45) is 2.14. The molecule has 2 nitrogen and oxygen atoms in total. The Morgan fingerprint density at radius 3 is 2.47 bits per heavy atom. The highest BCUT2D eigenvalue weighted by atomic mass is 14.9. The van der Waals surface area contributed by atoms with Crippen molar-refractivity contribution in [2.24, 2.45) is 0 Å². The number of pyridine rings is 1. The second-order valence-electron chi connectivity index (χ2n) is 5.15. The largest absolute Gasteiger partial charge is 0.383 e. The van der Waals surface area contributed by atoms with Gasteiger partial charge >= 0.3 is 0 Å². The molecule has 0 aliphatic heterocycles. The minimum Gasteiger partial charge on any atom is -0.383 e. The van der Waals surface area contributed by atoms with Gasteiger partial charge in [0.15, 0.2) is 0 Å². The van der Waals surface area contributed by atoms with E-state index in [1.807, 2.05) is 6.07 Å². The summed E-state index contributed by atoms with van der Waals surface area (Å²) in [5, 5.41) is 3.47. The Balaban J connectivity index is 2.39. The van der Waals surface area contributed by atoms with Crippen LogP contribution in [0.1, 0.15) is 32.9 Å². The summed E-state index contributed by atoms with van der Waals surface area (Å²) in [6, 6.07) is 15.1. The maximum absolute atomic E-state index is 4.76. The molecule has 0 fully saturated rings. The van der Waals surface area contributed by atoms with Crippen LogP contribution in [0.3, 0.4) is 0 Å². The molecular formula is C17H22N2. The normalized spacial score (nSPS) is 10.7. The molecule has 0 bridgehead atoms. The van der Waals surface area contributed by atoms with Gasteiger partial charge in [-0.25, -0.2) is 0 Å². The molecule has 0 aliphatic rings. The van der Waals surface area contributed by atoms with E-state index in [4.69, 9.17) is 4.98 Å². The molecule has 0 saturated heterocycles. The van der Waals surface area contributed by atoms with Crippen molar-refractivity contribution < 1.29 is 0 Å². The first-order chi connectivity index (χ1) is 9.19. The van der Waals surface area contributed by atoms with E-state index in [0.717, 1.165) is 29.9 Å². The average molecular weight is 254 g/mol. The Labute approximate surface area is 115 Å². The van der Waals surface area contributed by atoms with Crippen LogP contribution in [0.4, 0.5) is 5.69 Å². The van der Waals surface area contributed by atoms with Crippen LogP contribution in [0.5, 0.6) is 0 Å². The summed E-state index contributed by atoms with van der Waals surface area (Å²) in [7, 11) is 0. The van der Waals surface area contributed by atoms with Crippen LogP contribution in [0.25, 0.3) is 11.3 Å². The number of rotatable bonds is 5. The van der Waals surface area contributed by atoms with E-state index in [1.165, 1.54) is 5.56 Å². The quantitative estimate of drug-likeness (QED) is 0.848. The molecule has 0 saturated carbocycles. The van der Waals surface area contributed by atoms with Gasteiger partial charge in [0.2, 0.25) is 0 Å². The van der Waals surface area contributed by atoms with Gasteiger partial charge in [-0.15, -0.1) is 0 Å². The van der Waals surface area contributed by atoms with Gasteiger partial charge in [-0.2, -0.15) is 0 Å². The van der Waals surface area contributed by atoms with Crippen molar-refractivity contribution in [1.82, 2.24) is 4.98 Å². The van der Waals surface area contributed by atoms with Crippen LogP contribution in [0.15, 0.2) is 42.5 Å². The highest BCUT2D eigenvalue weighted by molar-refractivity contribution is 5.64. The molecule has 0 spiro atoms. The lowest BCUT2D eigenvalue weighted by Crippen LogP contribution is -2.10. The highest BCUT2D eigenvalue weighted by Gasteiger charge is 2.05. The first-order valence-electron chi connectivity index (χ1n) is 7.02.